The fourth-order valence-electron chi connectivity index (χ4n) is 11.7. The molecule has 0 aromatic heterocycles. The number of aromatic hydroxyl groups is 1. The topological polar surface area (TPSA) is 178 Å². The van der Waals surface area contributed by atoms with E-state index in [1.165, 1.54) is 32.9 Å². The van der Waals surface area contributed by atoms with Crippen LogP contribution in [0.4, 0.5) is 0 Å². The van der Waals surface area contributed by atoms with Crippen molar-refractivity contribution in [2.24, 2.45) is 0 Å². The summed E-state index contributed by atoms with van der Waals surface area (Å²) in [7, 11) is 5.00. The molecule has 15 nitrogen and oxygen atoms in total. The molecule has 7 aliphatic heterocycles. The van der Waals surface area contributed by atoms with E-state index in [4.69, 9.17) is 33.2 Å². The number of benzene rings is 5. The van der Waals surface area contributed by atoms with E-state index in [9.17, 15) is 20.0 Å². The van der Waals surface area contributed by atoms with Gasteiger partial charge in [-0.15, -0.1) is 11.8 Å². The third-order valence-electron chi connectivity index (χ3n) is 14.6. The number of rotatable bonds is 5. The minimum Gasteiger partial charge on any atom is -0.504 e. The third-order valence-corrected chi connectivity index (χ3v) is 16.1. The number of phenolic OH excluding ortho intramolecular Hbond substituents is 1. The average molecular weight is 925 g/mol. The summed E-state index contributed by atoms with van der Waals surface area (Å²) in [5.74, 6) is 0.488. The molecule has 5 aromatic rings. The summed E-state index contributed by atoms with van der Waals surface area (Å²) >= 11 is 1.47. The fraction of sp³-hybridized carbons (Fsp3) is 0.373. The molecule has 12 rings (SSSR count). The number of thioether (sulfide) groups is 1. The molecule has 0 aliphatic carbocycles. The molecule has 0 unspecified atom stereocenters. The maximum Gasteiger partial charge on any atom is 0.343 e. The van der Waals surface area contributed by atoms with E-state index in [1.54, 1.807) is 24.3 Å². The molecule has 0 radical (unpaired) electrons. The Kier molecular flexibility index (Phi) is 10.3. The monoisotopic (exact) mass is 924 g/mol. The first-order chi connectivity index (χ1) is 32.4. The highest BCUT2D eigenvalue weighted by molar-refractivity contribution is 7.99. The first-order valence-electron chi connectivity index (χ1n) is 22.3. The number of nitrogens with one attached hydrogen (secondary N) is 1. The highest BCUT2D eigenvalue weighted by Crippen LogP contribution is 2.64. The van der Waals surface area contributed by atoms with Gasteiger partial charge in [-0.05, 0) is 91.0 Å². The largest absolute Gasteiger partial charge is 0.504 e. The van der Waals surface area contributed by atoms with Gasteiger partial charge >= 0.3 is 17.9 Å². The third kappa shape index (κ3) is 6.38. The number of ether oxygens (including phenoxy) is 7. The van der Waals surface area contributed by atoms with Crippen molar-refractivity contribution in [3.8, 4) is 46.3 Å². The van der Waals surface area contributed by atoms with Gasteiger partial charge in [-0.25, -0.2) is 9.59 Å². The standard InChI is InChI=1S/C51H48N4O11S/c1-24-15-31-17-33-34(20-52)55-35-21-62-50(59)51(32-19-36(60-5)37(18-29(32)13-14-53-51)66-49(58)30-12-11-27-9-7-8-10-28(27)16-30)22-67-48(42(55)41(54(33)4)38(31)43(57)44(24)61-6)40-39(35)47-46(63-23-64-47)25(2)45(40)65-26(3)56/h7-12,15-16,18-19,33-35,41-42,48,53,57H,13-14,17,21-23H2,1-6H3/t33-,34-,35-,41+,42+,48+,51+/m0/s1. The van der Waals surface area contributed by atoms with Crippen molar-refractivity contribution in [3.05, 3.63) is 111 Å². The molecular formula is C51H48N4O11S. The number of fused-ring (bicyclic) bond motifs is 10. The lowest BCUT2D eigenvalue weighted by Gasteiger charge is -2.62. The molecule has 7 atom stereocenters. The number of phenols is 1. The molecule has 5 aromatic carbocycles. The number of methoxy groups -OCH3 is 2. The number of nitriles is 1. The molecule has 0 saturated carbocycles. The number of likely N-dealkylation sites (N-methyl/N-ethyl adjacent to an activating group) is 1. The van der Waals surface area contributed by atoms with E-state index < -0.39 is 52.9 Å². The van der Waals surface area contributed by atoms with Crippen molar-refractivity contribution in [1.82, 2.24) is 15.1 Å². The number of carbonyl (C=O) groups excluding carboxylic acids is 3. The molecule has 16 heteroatoms. The number of esters is 3. The molecule has 0 amide bonds. The molecule has 344 valence electrons. The zero-order valence-corrected chi connectivity index (χ0v) is 38.6. The van der Waals surface area contributed by atoms with E-state index in [1.807, 2.05) is 57.3 Å². The van der Waals surface area contributed by atoms with Gasteiger partial charge in [0.25, 0.3) is 0 Å². The summed E-state index contributed by atoms with van der Waals surface area (Å²) in [6, 6.07) is 18.4. The van der Waals surface area contributed by atoms with Gasteiger partial charge in [-0.1, -0.05) is 36.4 Å². The lowest BCUT2D eigenvalue weighted by molar-refractivity contribution is -0.157. The summed E-state index contributed by atoms with van der Waals surface area (Å²) in [6.07, 6.45) is 0.967. The van der Waals surface area contributed by atoms with Crippen LogP contribution in [-0.4, -0.2) is 97.9 Å². The Morgan fingerprint density at radius 1 is 0.925 bits per heavy atom. The zero-order valence-electron chi connectivity index (χ0n) is 37.8. The molecule has 2 fully saturated rings. The van der Waals surface area contributed by atoms with Gasteiger partial charge in [0.1, 0.15) is 18.4 Å². The van der Waals surface area contributed by atoms with Gasteiger partial charge in [-0.2, -0.15) is 5.26 Å². The lowest BCUT2D eigenvalue weighted by atomic mass is 9.71. The molecule has 67 heavy (non-hydrogen) atoms. The highest BCUT2D eigenvalue weighted by Gasteiger charge is 2.62. The minimum absolute atomic E-state index is 0.0263. The highest BCUT2D eigenvalue weighted by atomic mass is 32.2. The van der Waals surface area contributed by atoms with Crippen LogP contribution in [0.15, 0.2) is 60.7 Å². The van der Waals surface area contributed by atoms with Gasteiger partial charge in [0, 0.05) is 53.6 Å². The van der Waals surface area contributed by atoms with Crippen molar-refractivity contribution in [2.75, 3.05) is 47.0 Å². The van der Waals surface area contributed by atoms with Gasteiger partial charge in [0.15, 0.2) is 40.0 Å². The summed E-state index contributed by atoms with van der Waals surface area (Å²) in [6.45, 7) is 5.16. The fourth-order valence-corrected chi connectivity index (χ4v) is 13.4. The Hall–Kier alpha value is -6.51. The van der Waals surface area contributed by atoms with Gasteiger partial charge in [0.2, 0.25) is 6.79 Å². The number of carbonyl (C=O) groups is 3. The number of hydrogen-bond donors (Lipinski definition) is 2. The van der Waals surface area contributed by atoms with Crippen LogP contribution < -0.4 is 33.7 Å². The van der Waals surface area contributed by atoms with Crippen molar-refractivity contribution in [2.45, 2.75) is 74.6 Å². The lowest BCUT2D eigenvalue weighted by Crippen LogP contribution is -2.69. The SMILES string of the molecule is COc1cc2c(cc1OC(=O)c1ccc3ccccc3c1)CCN[C@]21CS[C@@H]2c3c(OC(C)=O)c(C)c4c(c3[C@H](COC1=O)N1[C@@H]2[C@H]2c3c(cc(C)c(OC)c3O)C[C@@H]([C@@H]1C#N)N2C)OCO4. The maximum atomic E-state index is 15.2. The summed E-state index contributed by atoms with van der Waals surface area (Å²) in [4.78, 5) is 46.4. The first kappa shape index (κ1) is 43.1. The molecule has 4 bridgehead atoms. The van der Waals surface area contributed by atoms with E-state index >= 15 is 4.79 Å². The van der Waals surface area contributed by atoms with Crippen LogP contribution in [0.1, 0.15) is 79.1 Å². The van der Waals surface area contributed by atoms with Crippen molar-refractivity contribution >= 4 is 40.4 Å². The Labute approximate surface area is 390 Å². The van der Waals surface area contributed by atoms with Crippen molar-refractivity contribution in [3.63, 3.8) is 0 Å². The number of hydrogen-bond acceptors (Lipinski definition) is 16. The van der Waals surface area contributed by atoms with E-state index in [0.29, 0.717) is 75.8 Å². The van der Waals surface area contributed by atoms with Gasteiger partial charge in [-0.3, -0.25) is 19.9 Å². The summed E-state index contributed by atoms with van der Waals surface area (Å²) in [5, 5.41) is 28.3. The molecular weight excluding hydrogens is 877 g/mol. The van der Waals surface area contributed by atoms with Crippen LogP contribution in [0.3, 0.4) is 0 Å². The Morgan fingerprint density at radius 2 is 1.72 bits per heavy atom. The molecule has 2 saturated heterocycles. The van der Waals surface area contributed by atoms with Crippen LogP contribution in [-0.2, 0) is 32.7 Å². The Bertz CT molecular complexity index is 3010. The predicted octanol–water partition coefficient (Wildman–Crippen LogP) is 6.65. The Morgan fingerprint density at radius 3 is 2.48 bits per heavy atom. The number of piperazine rings is 1. The van der Waals surface area contributed by atoms with E-state index in [0.717, 1.165) is 27.5 Å². The Balaban J connectivity index is 1.08. The molecule has 7 aliphatic rings. The van der Waals surface area contributed by atoms with Gasteiger partial charge in [0.05, 0.1) is 43.2 Å². The van der Waals surface area contributed by atoms with Crippen molar-refractivity contribution in [1.29, 1.82) is 5.26 Å². The van der Waals surface area contributed by atoms with E-state index in [-0.39, 0.29) is 42.4 Å². The van der Waals surface area contributed by atoms with E-state index in [2.05, 4.69) is 21.2 Å². The molecule has 7 heterocycles. The predicted molar refractivity (Wildman–Crippen MR) is 245 cm³/mol. The minimum atomic E-state index is -1.45. The van der Waals surface area contributed by atoms with Gasteiger partial charge < -0.3 is 38.3 Å². The quantitative estimate of drug-likeness (QED) is 0.141. The van der Waals surface area contributed by atoms with Crippen LogP contribution in [0, 0.1) is 25.2 Å². The first-order valence-corrected chi connectivity index (χ1v) is 23.3. The normalized spacial score (nSPS) is 25.8. The van der Waals surface area contributed by atoms with Crippen molar-refractivity contribution < 1.29 is 52.6 Å². The second-order valence-electron chi connectivity index (χ2n) is 18.0. The van der Waals surface area contributed by atoms with Crippen LogP contribution >= 0.6 is 11.8 Å². The number of nitrogens with zero attached hydrogens (tertiary/aromatic N) is 3. The second kappa shape index (κ2) is 16.1. The average Bonchev–Trinajstić information content (AvgIpc) is 3.81. The zero-order chi connectivity index (χ0) is 46.6. The smallest absolute Gasteiger partial charge is 0.343 e. The summed E-state index contributed by atoms with van der Waals surface area (Å²) in [5.41, 5.74) is 4.53. The van der Waals surface area contributed by atoms with Crippen LogP contribution in [0.5, 0.6) is 40.2 Å². The molecule has 1 spiro atoms. The maximum absolute atomic E-state index is 15.2. The van der Waals surface area contributed by atoms with Crippen LogP contribution in [0.2, 0.25) is 0 Å². The second-order valence-corrected chi connectivity index (χ2v) is 19.2. The summed E-state index contributed by atoms with van der Waals surface area (Å²) < 4.78 is 42.9. The van der Waals surface area contributed by atoms with Crippen LogP contribution in [0.25, 0.3) is 10.8 Å². The number of aryl methyl sites for hydroxylation is 1. The molecule has 2 N–H and O–H groups in total.